The van der Waals surface area contributed by atoms with E-state index in [1.807, 2.05) is 6.07 Å². The van der Waals surface area contributed by atoms with Crippen LogP contribution in [0.4, 0.5) is 5.69 Å². The smallest absolute Gasteiger partial charge is 0.227 e. The number of piperidine rings is 1. The van der Waals surface area contributed by atoms with Gasteiger partial charge in [-0.05, 0) is 38.4 Å². The Morgan fingerprint density at radius 1 is 1.45 bits per heavy atom. The summed E-state index contributed by atoms with van der Waals surface area (Å²) in [5.41, 5.74) is 0.704. The Hall–Kier alpha value is -1.99. The molecule has 0 unspecified atom stereocenters. The lowest BCUT2D eigenvalue weighted by Gasteiger charge is -2.27. The highest BCUT2D eigenvalue weighted by Gasteiger charge is 2.24. The van der Waals surface area contributed by atoms with Gasteiger partial charge in [-0.25, -0.2) is 14.6 Å². The molecule has 2 aromatic rings. The summed E-state index contributed by atoms with van der Waals surface area (Å²) in [6.45, 7) is 3.00. The van der Waals surface area contributed by atoms with E-state index >= 15 is 0 Å². The Kier molecular flexibility index (Phi) is 5.46. The molecule has 0 bridgehead atoms. The number of amides is 1. The second kappa shape index (κ2) is 7.33. The van der Waals surface area contributed by atoms with Gasteiger partial charge in [0.2, 0.25) is 5.91 Å². The van der Waals surface area contributed by atoms with Gasteiger partial charge in [0.25, 0.3) is 0 Å². The number of aromatic nitrogens is 4. The zero-order valence-corrected chi connectivity index (χ0v) is 13.1. The van der Waals surface area contributed by atoms with Crippen LogP contribution in [0.1, 0.15) is 19.8 Å². The maximum Gasteiger partial charge on any atom is 0.227 e. The molecule has 8 heteroatoms. The summed E-state index contributed by atoms with van der Waals surface area (Å²) < 4.78 is 1.57. The SMILES string of the molecule is C[C@H]1C[C@@H](C(=O)Nc2ccc(-n3cncn3)nc2)CCN1.Cl. The van der Waals surface area contributed by atoms with Crippen LogP contribution in [-0.4, -0.2) is 38.2 Å². The van der Waals surface area contributed by atoms with Gasteiger partial charge in [0.05, 0.1) is 11.9 Å². The first-order valence-corrected chi connectivity index (χ1v) is 7.07. The van der Waals surface area contributed by atoms with Crippen LogP contribution in [0.25, 0.3) is 5.82 Å². The number of hydrogen-bond donors (Lipinski definition) is 2. The molecule has 1 fully saturated rings. The minimum Gasteiger partial charge on any atom is -0.324 e. The average Bonchev–Trinajstić information content (AvgIpc) is 3.02. The number of anilines is 1. The standard InChI is InChI=1S/C14H18N6O.ClH/c1-10-6-11(4-5-16-10)14(21)19-12-2-3-13(17-7-12)20-9-15-8-18-20;/h2-3,7-11,16H,4-6H2,1H3,(H,19,21);1H/t10-,11-;/m0./s1. The van der Waals surface area contributed by atoms with Gasteiger partial charge < -0.3 is 10.6 Å². The Balaban J connectivity index is 0.00000176. The van der Waals surface area contributed by atoms with E-state index in [-0.39, 0.29) is 24.2 Å². The van der Waals surface area contributed by atoms with E-state index in [9.17, 15) is 4.79 Å². The van der Waals surface area contributed by atoms with Crippen LogP contribution in [0.15, 0.2) is 31.0 Å². The molecule has 2 aromatic heterocycles. The number of hydrogen-bond acceptors (Lipinski definition) is 5. The quantitative estimate of drug-likeness (QED) is 0.892. The van der Waals surface area contributed by atoms with Crippen LogP contribution in [-0.2, 0) is 4.79 Å². The minimum atomic E-state index is 0. The number of carbonyl (C=O) groups is 1. The second-order valence-electron chi connectivity index (χ2n) is 5.31. The highest BCUT2D eigenvalue weighted by Crippen LogP contribution is 2.18. The van der Waals surface area contributed by atoms with E-state index in [0.29, 0.717) is 17.5 Å². The molecule has 2 atom stereocenters. The van der Waals surface area contributed by atoms with Crippen molar-refractivity contribution >= 4 is 24.0 Å². The fraction of sp³-hybridized carbons (Fsp3) is 0.429. The Bertz CT molecular complexity index is 600. The Labute approximate surface area is 134 Å². The molecule has 7 nitrogen and oxygen atoms in total. The van der Waals surface area contributed by atoms with Gasteiger partial charge >= 0.3 is 0 Å². The van der Waals surface area contributed by atoms with Gasteiger partial charge in [0, 0.05) is 12.0 Å². The van der Waals surface area contributed by atoms with Crippen molar-refractivity contribution in [1.82, 2.24) is 25.1 Å². The van der Waals surface area contributed by atoms with Crippen molar-refractivity contribution in [2.45, 2.75) is 25.8 Å². The summed E-state index contributed by atoms with van der Waals surface area (Å²) in [7, 11) is 0. The first kappa shape index (κ1) is 16.4. The molecule has 1 aliphatic rings. The zero-order valence-electron chi connectivity index (χ0n) is 12.3. The number of nitrogens with one attached hydrogen (secondary N) is 2. The Morgan fingerprint density at radius 3 is 2.95 bits per heavy atom. The van der Waals surface area contributed by atoms with Crippen LogP contribution >= 0.6 is 12.4 Å². The third-order valence-corrected chi connectivity index (χ3v) is 3.66. The van der Waals surface area contributed by atoms with E-state index in [2.05, 4.69) is 32.6 Å². The van der Waals surface area contributed by atoms with E-state index in [1.54, 1.807) is 23.3 Å². The van der Waals surface area contributed by atoms with Crippen LogP contribution in [0.3, 0.4) is 0 Å². The fourth-order valence-corrected chi connectivity index (χ4v) is 2.54. The van der Waals surface area contributed by atoms with Gasteiger partial charge in [-0.3, -0.25) is 4.79 Å². The van der Waals surface area contributed by atoms with E-state index in [4.69, 9.17) is 0 Å². The molecular weight excluding hydrogens is 304 g/mol. The molecule has 2 N–H and O–H groups in total. The fourth-order valence-electron chi connectivity index (χ4n) is 2.54. The van der Waals surface area contributed by atoms with Crippen molar-refractivity contribution in [3.8, 4) is 5.82 Å². The van der Waals surface area contributed by atoms with Crippen LogP contribution < -0.4 is 10.6 Å². The molecule has 0 aliphatic carbocycles. The van der Waals surface area contributed by atoms with Crippen molar-refractivity contribution in [2.24, 2.45) is 5.92 Å². The lowest BCUT2D eigenvalue weighted by atomic mass is 9.92. The molecule has 22 heavy (non-hydrogen) atoms. The highest BCUT2D eigenvalue weighted by atomic mass is 35.5. The first-order valence-electron chi connectivity index (χ1n) is 7.07. The summed E-state index contributed by atoms with van der Waals surface area (Å²) in [5, 5.41) is 10.3. The molecule has 1 aliphatic heterocycles. The topological polar surface area (TPSA) is 84.7 Å². The maximum atomic E-state index is 12.2. The molecular formula is C14H19ClN6O. The van der Waals surface area contributed by atoms with E-state index < -0.39 is 0 Å². The summed E-state index contributed by atoms with van der Waals surface area (Å²) in [4.78, 5) is 20.4. The predicted molar refractivity (Wildman–Crippen MR) is 85.2 cm³/mol. The number of halogens is 1. The number of carbonyl (C=O) groups excluding carboxylic acids is 1. The summed E-state index contributed by atoms with van der Waals surface area (Å²) in [6.07, 6.45) is 6.42. The third kappa shape index (κ3) is 3.80. The molecule has 3 rings (SSSR count). The molecule has 118 valence electrons. The molecule has 3 heterocycles. The first-order chi connectivity index (χ1) is 10.2. The van der Waals surface area contributed by atoms with Gasteiger partial charge in [-0.1, -0.05) is 0 Å². The molecule has 0 aromatic carbocycles. The summed E-state index contributed by atoms with van der Waals surface area (Å²) >= 11 is 0. The van der Waals surface area contributed by atoms with Crippen LogP contribution in [0, 0.1) is 5.92 Å². The van der Waals surface area contributed by atoms with Crippen molar-refractivity contribution in [1.29, 1.82) is 0 Å². The van der Waals surface area contributed by atoms with Gasteiger partial charge in [0.15, 0.2) is 5.82 Å². The normalized spacial score (nSPS) is 21.0. The number of rotatable bonds is 3. The third-order valence-electron chi connectivity index (χ3n) is 3.66. The van der Waals surface area contributed by atoms with Gasteiger partial charge in [-0.15, -0.1) is 12.4 Å². The molecule has 1 amide bonds. The average molecular weight is 323 g/mol. The Morgan fingerprint density at radius 2 is 2.32 bits per heavy atom. The molecule has 1 saturated heterocycles. The minimum absolute atomic E-state index is 0. The molecule has 0 radical (unpaired) electrons. The number of pyridine rings is 1. The zero-order chi connectivity index (χ0) is 14.7. The molecule has 0 spiro atoms. The second-order valence-corrected chi connectivity index (χ2v) is 5.31. The molecule has 0 saturated carbocycles. The predicted octanol–water partition coefficient (Wildman–Crippen LogP) is 1.41. The van der Waals surface area contributed by atoms with Crippen molar-refractivity contribution in [3.05, 3.63) is 31.0 Å². The maximum absolute atomic E-state index is 12.2. The highest BCUT2D eigenvalue weighted by molar-refractivity contribution is 5.92. The van der Waals surface area contributed by atoms with Crippen molar-refractivity contribution < 1.29 is 4.79 Å². The largest absolute Gasteiger partial charge is 0.324 e. The number of nitrogens with zero attached hydrogens (tertiary/aromatic N) is 4. The van der Waals surface area contributed by atoms with Crippen molar-refractivity contribution in [3.63, 3.8) is 0 Å². The lowest BCUT2D eigenvalue weighted by Crippen LogP contribution is -2.40. The van der Waals surface area contributed by atoms with Crippen LogP contribution in [0.2, 0.25) is 0 Å². The lowest BCUT2D eigenvalue weighted by molar-refractivity contribution is -0.120. The van der Waals surface area contributed by atoms with E-state index in [0.717, 1.165) is 19.4 Å². The summed E-state index contributed by atoms with van der Waals surface area (Å²) in [6, 6.07) is 4.02. The van der Waals surface area contributed by atoms with E-state index in [1.165, 1.54) is 6.33 Å². The van der Waals surface area contributed by atoms with Gasteiger partial charge in [-0.2, -0.15) is 5.10 Å². The van der Waals surface area contributed by atoms with Gasteiger partial charge in [0.1, 0.15) is 12.7 Å². The monoisotopic (exact) mass is 322 g/mol. The van der Waals surface area contributed by atoms with Crippen molar-refractivity contribution in [2.75, 3.05) is 11.9 Å². The van der Waals surface area contributed by atoms with Crippen LogP contribution in [0.5, 0.6) is 0 Å². The summed E-state index contributed by atoms with van der Waals surface area (Å²) in [5.74, 6) is 0.802.